The Labute approximate surface area is 121 Å². The Morgan fingerprint density at radius 1 is 0.905 bits per heavy atom. The highest BCUT2D eigenvalue weighted by Gasteiger charge is 2.41. The lowest BCUT2D eigenvalue weighted by atomic mass is 9.97. The number of benzene rings is 2. The summed E-state index contributed by atoms with van der Waals surface area (Å²) in [5, 5.41) is 18.3. The molecule has 4 heteroatoms. The molecule has 3 rings (SSSR count). The highest BCUT2D eigenvalue weighted by Crippen LogP contribution is 2.55. The smallest absolute Gasteiger partial charge is 0.335 e. The predicted octanol–water partition coefficient (Wildman–Crippen LogP) is 3.35. The zero-order valence-corrected chi connectivity index (χ0v) is 11.2. The molecule has 0 spiro atoms. The maximum absolute atomic E-state index is 11.4. The van der Waals surface area contributed by atoms with Gasteiger partial charge in [-0.1, -0.05) is 36.4 Å². The van der Waals surface area contributed by atoms with Crippen LogP contribution in [0.3, 0.4) is 0 Å². The van der Waals surface area contributed by atoms with Gasteiger partial charge in [-0.2, -0.15) is 0 Å². The first kappa shape index (κ1) is 13.4. The summed E-state index contributed by atoms with van der Waals surface area (Å²) < 4.78 is 0. The second kappa shape index (κ2) is 5.05. The summed E-state index contributed by atoms with van der Waals surface area (Å²) >= 11 is 0. The normalized spacial score (nSPS) is 20.0. The maximum Gasteiger partial charge on any atom is 0.335 e. The van der Waals surface area contributed by atoms with E-state index in [-0.39, 0.29) is 17.0 Å². The number of hydrogen-bond acceptors (Lipinski definition) is 2. The van der Waals surface area contributed by atoms with Crippen molar-refractivity contribution in [3.05, 3.63) is 70.8 Å². The van der Waals surface area contributed by atoms with Crippen molar-refractivity contribution in [3.8, 4) is 0 Å². The van der Waals surface area contributed by atoms with E-state index in [1.165, 1.54) is 17.7 Å². The second-order valence-corrected chi connectivity index (χ2v) is 5.27. The summed E-state index contributed by atoms with van der Waals surface area (Å²) in [4.78, 5) is 22.3. The quantitative estimate of drug-likeness (QED) is 0.901. The van der Waals surface area contributed by atoms with Gasteiger partial charge in [0.25, 0.3) is 0 Å². The first-order valence-electron chi connectivity index (χ1n) is 6.73. The Balaban J connectivity index is 1.93. The van der Waals surface area contributed by atoms with E-state index in [1.807, 2.05) is 30.3 Å². The van der Waals surface area contributed by atoms with E-state index in [2.05, 4.69) is 0 Å². The number of carboxylic acids is 2. The second-order valence-electron chi connectivity index (χ2n) is 5.27. The summed E-state index contributed by atoms with van der Waals surface area (Å²) in [7, 11) is 0. The lowest BCUT2D eigenvalue weighted by molar-refractivity contribution is 0.0695. The van der Waals surface area contributed by atoms with Crippen LogP contribution in [-0.2, 0) is 0 Å². The van der Waals surface area contributed by atoms with Crippen LogP contribution in [0.1, 0.15) is 50.1 Å². The predicted molar refractivity (Wildman–Crippen MR) is 76.9 cm³/mol. The van der Waals surface area contributed by atoms with Gasteiger partial charge in [0.05, 0.1) is 11.1 Å². The van der Waals surface area contributed by atoms with Crippen LogP contribution in [0.2, 0.25) is 0 Å². The molecule has 1 fully saturated rings. The minimum absolute atomic E-state index is 0.00746. The summed E-state index contributed by atoms with van der Waals surface area (Å²) in [6.45, 7) is 0. The minimum atomic E-state index is -1.11. The third-order valence-corrected chi connectivity index (χ3v) is 3.95. The molecular formula is C17H14O4. The number of aromatic carboxylic acids is 2. The summed E-state index contributed by atoms with van der Waals surface area (Å²) in [5.41, 5.74) is 2.02. The van der Waals surface area contributed by atoms with Crippen LogP contribution in [0.4, 0.5) is 0 Å². The molecule has 2 aromatic carbocycles. The van der Waals surface area contributed by atoms with E-state index in [4.69, 9.17) is 5.11 Å². The average Bonchev–Trinajstić information content (AvgIpc) is 3.27. The molecule has 0 heterocycles. The fraction of sp³-hybridized carbons (Fsp3) is 0.176. The highest BCUT2D eigenvalue weighted by molar-refractivity contribution is 5.95. The van der Waals surface area contributed by atoms with Crippen molar-refractivity contribution >= 4 is 11.9 Å². The van der Waals surface area contributed by atoms with Crippen molar-refractivity contribution in [1.29, 1.82) is 0 Å². The van der Waals surface area contributed by atoms with E-state index < -0.39 is 11.9 Å². The molecule has 1 saturated carbocycles. The van der Waals surface area contributed by atoms with Crippen molar-refractivity contribution in [1.82, 2.24) is 0 Å². The van der Waals surface area contributed by atoms with Crippen LogP contribution >= 0.6 is 0 Å². The molecule has 2 N–H and O–H groups in total. The fourth-order valence-corrected chi connectivity index (χ4v) is 2.81. The van der Waals surface area contributed by atoms with Crippen molar-refractivity contribution in [2.75, 3.05) is 0 Å². The van der Waals surface area contributed by atoms with Crippen LogP contribution in [0.25, 0.3) is 0 Å². The van der Waals surface area contributed by atoms with Crippen molar-refractivity contribution < 1.29 is 19.8 Å². The molecular weight excluding hydrogens is 268 g/mol. The highest BCUT2D eigenvalue weighted by atomic mass is 16.4. The first-order valence-corrected chi connectivity index (χ1v) is 6.73. The van der Waals surface area contributed by atoms with Gasteiger partial charge in [0.1, 0.15) is 0 Å². The third kappa shape index (κ3) is 2.52. The molecule has 2 atom stereocenters. The average molecular weight is 282 g/mol. The maximum atomic E-state index is 11.4. The van der Waals surface area contributed by atoms with Gasteiger partial charge in [-0.3, -0.25) is 0 Å². The van der Waals surface area contributed by atoms with Crippen molar-refractivity contribution in [2.24, 2.45) is 0 Å². The van der Waals surface area contributed by atoms with Crippen molar-refractivity contribution in [2.45, 2.75) is 18.3 Å². The van der Waals surface area contributed by atoms with E-state index in [0.29, 0.717) is 5.92 Å². The van der Waals surface area contributed by atoms with Gasteiger partial charge < -0.3 is 10.2 Å². The molecule has 0 bridgehead atoms. The minimum Gasteiger partial charge on any atom is -0.478 e. The molecule has 0 saturated heterocycles. The Morgan fingerprint density at radius 3 is 2.24 bits per heavy atom. The van der Waals surface area contributed by atoms with Gasteiger partial charge in [-0.05, 0) is 41.5 Å². The number of carbonyl (C=O) groups is 2. The molecule has 0 aliphatic heterocycles. The number of hydrogen-bond donors (Lipinski definition) is 2. The van der Waals surface area contributed by atoms with Gasteiger partial charge >= 0.3 is 11.9 Å². The molecule has 1 aliphatic rings. The molecule has 0 amide bonds. The monoisotopic (exact) mass is 282 g/mol. The first-order chi connectivity index (χ1) is 10.1. The van der Waals surface area contributed by atoms with Gasteiger partial charge in [0.2, 0.25) is 0 Å². The van der Waals surface area contributed by atoms with Gasteiger partial charge in [0.15, 0.2) is 0 Å². The molecule has 2 aromatic rings. The van der Waals surface area contributed by atoms with E-state index in [9.17, 15) is 14.7 Å². The largest absolute Gasteiger partial charge is 0.478 e. The van der Waals surface area contributed by atoms with Crippen molar-refractivity contribution in [3.63, 3.8) is 0 Å². The molecule has 106 valence electrons. The topological polar surface area (TPSA) is 74.6 Å². The summed E-state index contributed by atoms with van der Waals surface area (Å²) in [5.74, 6) is -1.72. The molecule has 21 heavy (non-hydrogen) atoms. The Hall–Kier alpha value is -2.62. The Morgan fingerprint density at radius 2 is 1.62 bits per heavy atom. The van der Waals surface area contributed by atoms with Crippen LogP contribution in [0.15, 0.2) is 48.5 Å². The zero-order chi connectivity index (χ0) is 15.0. The molecule has 2 unspecified atom stereocenters. The summed E-state index contributed by atoms with van der Waals surface area (Å²) in [6, 6.07) is 14.3. The van der Waals surface area contributed by atoms with Crippen LogP contribution in [0, 0.1) is 0 Å². The Bertz CT molecular complexity index is 706. The van der Waals surface area contributed by atoms with E-state index in [0.717, 1.165) is 12.0 Å². The van der Waals surface area contributed by atoms with Gasteiger partial charge in [-0.15, -0.1) is 0 Å². The van der Waals surface area contributed by atoms with Crippen LogP contribution in [-0.4, -0.2) is 22.2 Å². The van der Waals surface area contributed by atoms with Crippen LogP contribution in [0.5, 0.6) is 0 Å². The lowest BCUT2D eigenvalue weighted by Gasteiger charge is -2.07. The van der Waals surface area contributed by atoms with Crippen LogP contribution < -0.4 is 0 Å². The molecule has 1 aliphatic carbocycles. The Kier molecular flexibility index (Phi) is 3.22. The van der Waals surface area contributed by atoms with E-state index in [1.54, 1.807) is 6.07 Å². The lowest BCUT2D eigenvalue weighted by Crippen LogP contribution is -2.06. The molecule has 0 aromatic heterocycles. The number of rotatable bonds is 4. The SMILES string of the molecule is O=C(O)c1ccc(C2CC2c2ccccc2)c(C(=O)O)c1. The van der Waals surface area contributed by atoms with Gasteiger partial charge in [0, 0.05) is 0 Å². The zero-order valence-electron chi connectivity index (χ0n) is 11.2. The third-order valence-electron chi connectivity index (χ3n) is 3.95. The fourth-order valence-electron chi connectivity index (χ4n) is 2.81. The standard InChI is InChI=1S/C17H14O4/c18-16(19)11-6-7-12(15(8-11)17(20)21)14-9-13(14)10-4-2-1-3-5-10/h1-8,13-14H,9H2,(H,18,19)(H,20,21). The van der Waals surface area contributed by atoms with Gasteiger partial charge in [-0.25, -0.2) is 9.59 Å². The molecule has 4 nitrogen and oxygen atoms in total. The molecule has 0 radical (unpaired) electrons. The summed E-state index contributed by atoms with van der Waals surface area (Å²) in [6.07, 6.45) is 0.900. The van der Waals surface area contributed by atoms with E-state index >= 15 is 0 Å². The number of carboxylic acid groups (broad SMARTS) is 2.